The minimum atomic E-state index is -5.46. The van der Waals surface area contributed by atoms with Crippen LogP contribution in [0.3, 0.4) is 0 Å². The van der Waals surface area contributed by atoms with Crippen LogP contribution >= 0.6 is 0 Å². The van der Waals surface area contributed by atoms with E-state index in [0.29, 0.717) is 20.2 Å². The van der Waals surface area contributed by atoms with Gasteiger partial charge in [-0.2, -0.15) is 0 Å². The summed E-state index contributed by atoms with van der Waals surface area (Å²) in [5.41, 5.74) is -4.08. The SMILES string of the molecule is CC([O][Mo])(C(F)(F)F)C(F)(F)F. The topological polar surface area (TPSA) is 9.23 Å². The van der Waals surface area contributed by atoms with Gasteiger partial charge in [0.15, 0.2) is 0 Å². The molecule has 0 saturated carbocycles. The zero-order valence-corrected chi connectivity index (χ0v) is 7.59. The standard InChI is InChI=1S/C4H3F6O.Mo/c1-2(11,3(5,6)7)4(8,9)10;/h1H3;/q-1;+1. The van der Waals surface area contributed by atoms with E-state index >= 15 is 0 Å². The van der Waals surface area contributed by atoms with Crippen molar-refractivity contribution in [2.24, 2.45) is 0 Å². The maximum atomic E-state index is 11.8. The molecule has 1 nitrogen and oxygen atoms in total. The summed E-state index contributed by atoms with van der Waals surface area (Å²) in [6, 6.07) is 0. The van der Waals surface area contributed by atoms with Crippen LogP contribution in [0.4, 0.5) is 26.3 Å². The van der Waals surface area contributed by atoms with Crippen molar-refractivity contribution in [3.05, 3.63) is 0 Å². The van der Waals surface area contributed by atoms with E-state index in [0.717, 1.165) is 0 Å². The first-order valence-corrected chi connectivity index (χ1v) is 3.32. The molecule has 0 amide bonds. The van der Waals surface area contributed by atoms with Crippen LogP contribution in [0.5, 0.6) is 0 Å². The molecule has 0 bridgehead atoms. The van der Waals surface area contributed by atoms with Gasteiger partial charge < -0.3 is 0 Å². The Balaban J connectivity index is 4.95. The molecule has 0 atom stereocenters. The molecular formula is C4H3F6MoO. The quantitative estimate of drug-likeness (QED) is 0.528. The number of halogens is 6. The molecule has 73 valence electrons. The van der Waals surface area contributed by atoms with Crippen LogP contribution in [0.25, 0.3) is 0 Å². The van der Waals surface area contributed by atoms with Crippen LogP contribution in [0, 0.1) is 0 Å². The molecule has 0 saturated heterocycles. The van der Waals surface area contributed by atoms with Gasteiger partial charge in [0, 0.05) is 0 Å². The van der Waals surface area contributed by atoms with E-state index in [1.54, 1.807) is 0 Å². The number of hydrogen-bond donors (Lipinski definition) is 0. The van der Waals surface area contributed by atoms with Gasteiger partial charge in [-0.15, -0.1) is 0 Å². The van der Waals surface area contributed by atoms with Crippen LogP contribution in [-0.4, -0.2) is 18.0 Å². The summed E-state index contributed by atoms with van der Waals surface area (Å²) in [4.78, 5) is 0. The Morgan fingerprint density at radius 3 is 1.17 bits per heavy atom. The van der Waals surface area contributed by atoms with Crippen LogP contribution in [0.1, 0.15) is 6.92 Å². The minimum absolute atomic E-state index is 0.0600. The summed E-state index contributed by atoms with van der Waals surface area (Å²) in [5, 5.41) is 0. The Kier molecular flexibility index (Phi) is 3.24. The molecule has 0 N–H and O–H groups in total. The summed E-state index contributed by atoms with van der Waals surface area (Å²) in [6.07, 6.45) is -10.9. The molecule has 12 heavy (non-hydrogen) atoms. The van der Waals surface area contributed by atoms with Gasteiger partial charge in [0.2, 0.25) is 0 Å². The van der Waals surface area contributed by atoms with Gasteiger partial charge in [-0.1, -0.05) is 0 Å². The van der Waals surface area contributed by atoms with Gasteiger partial charge >= 0.3 is 74.8 Å². The second-order valence-electron chi connectivity index (χ2n) is 2.11. The van der Waals surface area contributed by atoms with Crippen molar-refractivity contribution in [1.82, 2.24) is 0 Å². The average molecular weight is 277 g/mol. The van der Waals surface area contributed by atoms with Gasteiger partial charge in [0.25, 0.3) is 0 Å². The summed E-state index contributed by atoms with van der Waals surface area (Å²) >= 11 is 0.291. The molecule has 0 radical (unpaired) electrons. The Morgan fingerprint density at radius 2 is 1.17 bits per heavy atom. The predicted octanol–water partition coefficient (Wildman–Crippen LogP) is 2.35. The van der Waals surface area contributed by atoms with E-state index in [4.69, 9.17) is 0 Å². The van der Waals surface area contributed by atoms with E-state index in [-0.39, 0.29) is 6.92 Å². The summed E-state index contributed by atoms with van der Waals surface area (Å²) in [7, 11) is 0. The van der Waals surface area contributed by atoms with E-state index in [1.807, 2.05) is 0 Å². The van der Waals surface area contributed by atoms with Gasteiger partial charge in [-0.3, -0.25) is 0 Å². The van der Waals surface area contributed by atoms with Crippen molar-refractivity contribution in [3.8, 4) is 0 Å². The van der Waals surface area contributed by atoms with Crippen molar-refractivity contribution in [1.29, 1.82) is 0 Å². The van der Waals surface area contributed by atoms with E-state index in [1.165, 1.54) is 0 Å². The fraction of sp³-hybridized carbons (Fsp3) is 1.00. The van der Waals surface area contributed by atoms with Gasteiger partial charge in [-0.25, -0.2) is 0 Å². The van der Waals surface area contributed by atoms with Crippen LogP contribution in [-0.2, 0) is 23.6 Å². The van der Waals surface area contributed by atoms with Crippen molar-refractivity contribution >= 4 is 0 Å². The first kappa shape index (κ1) is 12.2. The average Bonchev–Trinajstić information content (AvgIpc) is 1.81. The molecule has 0 heterocycles. The van der Waals surface area contributed by atoms with Gasteiger partial charge in [0.05, 0.1) is 0 Å². The normalized spacial score (nSPS) is 14.9. The first-order chi connectivity index (χ1) is 5.06. The van der Waals surface area contributed by atoms with Crippen molar-refractivity contribution in [3.63, 3.8) is 0 Å². The van der Waals surface area contributed by atoms with Crippen molar-refractivity contribution in [2.75, 3.05) is 0 Å². The summed E-state index contributed by atoms with van der Waals surface area (Å²) in [6.45, 7) is -0.0600. The van der Waals surface area contributed by atoms with Crippen molar-refractivity contribution < 1.29 is 49.9 Å². The molecule has 0 aliphatic heterocycles. The van der Waals surface area contributed by atoms with Crippen LogP contribution in [0.2, 0.25) is 0 Å². The summed E-state index contributed by atoms with van der Waals surface area (Å²) in [5.74, 6) is 0. The first-order valence-electron chi connectivity index (χ1n) is 2.50. The van der Waals surface area contributed by atoms with Crippen LogP contribution in [0.15, 0.2) is 0 Å². The molecule has 0 aromatic rings. The Morgan fingerprint density at radius 1 is 0.917 bits per heavy atom. The zero-order chi connectivity index (χ0) is 10.2. The molecule has 0 unspecified atom stereocenters. The number of alkyl halides is 6. The molecule has 0 aliphatic carbocycles. The van der Waals surface area contributed by atoms with E-state index in [9.17, 15) is 26.3 Å². The summed E-state index contributed by atoms with van der Waals surface area (Å²) < 4.78 is 74.0. The molecular weight excluding hydrogens is 274 g/mol. The molecule has 0 aromatic heterocycles. The van der Waals surface area contributed by atoms with E-state index in [2.05, 4.69) is 3.39 Å². The fourth-order valence-corrected chi connectivity index (χ4v) is 0.720. The van der Waals surface area contributed by atoms with E-state index < -0.39 is 18.0 Å². The molecule has 0 aromatic carbocycles. The predicted molar refractivity (Wildman–Crippen MR) is 21.6 cm³/mol. The number of rotatable bonds is 1. The third-order valence-corrected chi connectivity index (χ3v) is 2.07. The third-order valence-electron chi connectivity index (χ3n) is 1.25. The Labute approximate surface area is 75.4 Å². The molecule has 8 heteroatoms. The van der Waals surface area contributed by atoms with Gasteiger partial charge in [0.1, 0.15) is 0 Å². The molecule has 0 fully saturated rings. The van der Waals surface area contributed by atoms with Gasteiger partial charge in [-0.05, 0) is 0 Å². The maximum absolute atomic E-state index is 11.8. The Bertz CT molecular complexity index is 146. The van der Waals surface area contributed by atoms with Crippen molar-refractivity contribution in [2.45, 2.75) is 24.9 Å². The molecule has 0 aliphatic rings. The zero-order valence-electron chi connectivity index (χ0n) is 5.58. The molecule has 0 rings (SSSR count). The number of hydrogen-bond acceptors (Lipinski definition) is 1. The molecule has 0 spiro atoms. The second-order valence-corrected chi connectivity index (χ2v) is 2.52. The van der Waals surface area contributed by atoms with Crippen LogP contribution < -0.4 is 0 Å². The fourth-order valence-electron chi connectivity index (χ4n) is 0.255. The second kappa shape index (κ2) is 3.18. The monoisotopic (exact) mass is 279 g/mol. The third kappa shape index (κ3) is 1.93. The Hall–Kier alpha value is 0.228.